The minimum absolute atomic E-state index is 0.272. The van der Waals surface area contributed by atoms with Crippen LogP contribution in [-0.2, 0) is 9.53 Å². The summed E-state index contributed by atoms with van der Waals surface area (Å²) in [6.07, 6.45) is -0.989. The molecule has 0 bridgehead atoms. The third-order valence-corrected chi connectivity index (χ3v) is 4.46. The molecule has 0 aliphatic rings. The lowest BCUT2D eigenvalue weighted by molar-refractivity contribution is -0.123. The zero-order valence-corrected chi connectivity index (χ0v) is 15.2. The maximum Gasteiger partial charge on any atom is 0.338 e. The number of hydrogen-bond donors (Lipinski definition) is 1. The van der Waals surface area contributed by atoms with Crippen molar-refractivity contribution in [1.29, 1.82) is 5.26 Å². The Morgan fingerprint density at radius 3 is 2.52 bits per heavy atom. The van der Waals surface area contributed by atoms with E-state index in [1.165, 1.54) is 42.5 Å². The van der Waals surface area contributed by atoms with Gasteiger partial charge in [-0.05, 0) is 31.2 Å². The lowest BCUT2D eigenvalue weighted by Crippen LogP contribution is -2.29. The average molecular weight is 377 g/mol. The van der Waals surface area contributed by atoms with Crippen molar-refractivity contribution in [2.75, 3.05) is 5.32 Å². The van der Waals surface area contributed by atoms with Gasteiger partial charge in [0, 0.05) is 10.9 Å². The van der Waals surface area contributed by atoms with Gasteiger partial charge >= 0.3 is 5.97 Å². The number of benzene rings is 2. The number of aromatic nitrogens is 1. The molecule has 134 valence electrons. The summed E-state index contributed by atoms with van der Waals surface area (Å²) in [4.78, 5) is 28.7. The summed E-state index contributed by atoms with van der Waals surface area (Å²) >= 11 is 1.30. The molecule has 0 radical (unpaired) electrons. The van der Waals surface area contributed by atoms with Crippen molar-refractivity contribution < 1.29 is 14.3 Å². The zero-order valence-electron chi connectivity index (χ0n) is 14.4. The molecule has 1 atom stereocenters. The number of carbonyl (C=O) groups excluding carboxylic acids is 2. The van der Waals surface area contributed by atoms with E-state index in [1.54, 1.807) is 0 Å². The summed E-state index contributed by atoms with van der Waals surface area (Å²) in [5, 5.41) is 13.7. The van der Waals surface area contributed by atoms with E-state index in [4.69, 9.17) is 10.00 Å². The Morgan fingerprint density at radius 2 is 1.85 bits per heavy atom. The van der Waals surface area contributed by atoms with Gasteiger partial charge < -0.3 is 4.74 Å². The number of ether oxygens (including phenoxy) is 1. The number of rotatable bonds is 5. The van der Waals surface area contributed by atoms with Crippen LogP contribution >= 0.6 is 11.3 Å². The van der Waals surface area contributed by atoms with Crippen LogP contribution in [0.5, 0.6) is 0 Å². The Morgan fingerprint density at radius 1 is 1.15 bits per heavy atom. The summed E-state index contributed by atoms with van der Waals surface area (Å²) in [6, 6.07) is 17.6. The maximum atomic E-state index is 12.3. The molecule has 1 amide bonds. The van der Waals surface area contributed by atoms with E-state index >= 15 is 0 Å². The molecule has 0 unspecified atom stereocenters. The highest BCUT2D eigenvalue weighted by Crippen LogP contribution is 2.24. The number of hydrogen-bond acceptors (Lipinski definition) is 6. The Hall–Kier alpha value is -3.50. The number of nitriles is 1. The molecule has 1 heterocycles. The van der Waals surface area contributed by atoms with Crippen molar-refractivity contribution >= 4 is 28.3 Å². The van der Waals surface area contributed by atoms with Gasteiger partial charge in [0.05, 0.1) is 22.9 Å². The Labute approximate surface area is 160 Å². The Bertz CT molecular complexity index is 991. The lowest BCUT2D eigenvalue weighted by atomic mass is 10.1. The molecular weight excluding hydrogens is 362 g/mol. The monoisotopic (exact) mass is 377 g/mol. The minimum Gasteiger partial charge on any atom is -0.449 e. The summed E-state index contributed by atoms with van der Waals surface area (Å²) < 4.78 is 5.18. The number of thiazole rings is 1. The second-order valence-corrected chi connectivity index (χ2v) is 6.49. The van der Waals surface area contributed by atoms with Crippen LogP contribution in [0.2, 0.25) is 0 Å². The highest BCUT2D eigenvalue weighted by Gasteiger charge is 2.20. The highest BCUT2D eigenvalue weighted by atomic mass is 32.1. The van der Waals surface area contributed by atoms with Gasteiger partial charge in [0.1, 0.15) is 0 Å². The first-order valence-electron chi connectivity index (χ1n) is 8.10. The predicted molar refractivity (Wildman–Crippen MR) is 102 cm³/mol. The standard InChI is InChI=1S/C20H15N3O3S/c1-13(26-19(25)16-9-7-14(11-21)8-10-16)18(24)23-20-22-17(12-27-20)15-5-3-2-4-6-15/h2-10,12-13H,1H3,(H,22,23,24)/t13-/m0/s1. The van der Waals surface area contributed by atoms with Crippen molar-refractivity contribution in [3.63, 3.8) is 0 Å². The average Bonchev–Trinajstić information content (AvgIpc) is 3.17. The van der Waals surface area contributed by atoms with Gasteiger partial charge in [-0.25, -0.2) is 9.78 Å². The van der Waals surface area contributed by atoms with E-state index < -0.39 is 18.0 Å². The second kappa shape index (κ2) is 8.25. The number of esters is 1. The van der Waals surface area contributed by atoms with Crippen molar-refractivity contribution in [3.8, 4) is 17.3 Å². The number of carbonyl (C=O) groups is 2. The number of anilines is 1. The molecule has 6 nitrogen and oxygen atoms in total. The van der Waals surface area contributed by atoms with Gasteiger partial charge in [-0.3, -0.25) is 10.1 Å². The van der Waals surface area contributed by atoms with Crippen LogP contribution in [0.4, 0.5) is 5.13 Å². The molecule has 0 saturated heterocycles. The van der Waals surface area contributed by atoms with Crippen molar-refractivity contribution in [3.05, 3.63) is 71.1 Å². The van der Waals surface area contributed by atoms with Crippen molar-refractivity contribution in [1.82, 2.24) is 4.98 Å². The largest absolute Gasteiger partial charge is 0.449 e. The Kier molecular flexibility index (Phi) is 5.59. The van der Waals surface area contributed by atoms with Crippen LogP contribution in [0.1, 0.15) is 22.8 Å². The third kappa shape index (κ3) is 4.57. The molecule has 0 saturated carbocycles. The lowest BCUT2D eigenvalue weighted by Gasteiger charge is -2.12. The van der Waals surface area contributed by atoms with E-state index in [9.17, 15) is 9.59 Å². The SMILES string of the molecule is C[C@H](OC(=O)c1ccc(C#N)cc1)C(=O)Nc1nc(-c2ccccc2)cs1. The molecule has 0 spiro atoms. The summed E-state index contributed by atoms with van der Waals surface area (Å²) in [7, 11) is 0. The van der Waals surface area contributed by atoms with Crippen LogP contribution in [0.15, 0.2) is 60.0 Å². The maximum absolute atomic E-state index is 12.3. The van der Waals surface area contributed by atoms with E-state index in [-0.39, 0.29) is 5.56 Å². The number of nitrogens with one attached hydrogen (secondary N) is 1. The Balaban J connectivity index is 1.60. The zero-order chi connectivity index (χ0) is 19.2. The molecule has 0 aliphatic carbocycles. The molecule has 1 N–H and O–H groups in total. The summed E-state index contributed by atoms with van der Waals surface area (Å²) in [6.45, 7) is 1.49. The molecule has 3 rings (SSSR count). The predicted octanol–water partition coefficient (Wildman–Crippen LogP) is 3.87. The third-order valence-electron chi connectivity index (χ3n) is 3.71. The fourth-order valence-electron chi connectivity index (χ4n) is 2.24. The first-order chi connectivity index (χ1) is 13.1. The first-order valence-corrected chi connectivity index (χ1v) is 8.98. The summed E-state index contributed by atoms with van der Waals surface area (Å²) in [5.74, 6) is -1.10. The quantitative estimate of drug-likeness (QED) is 0.682. The van der Waals surface area contributed by atoms with Crippen LogP contribution in [0, 0.1) is 11.3 Å². The minimum atomic E-state index is -0.989. The van der Waals surface area contributed by atoms with Gasteiger partial charge in [0.15, 0.2) is 11.2 Å². The van der Waals surface area contributed by atoms with E-state index in [0.29, 0.717) is 10.7 Å². The van der Waals surface area contributed by atoms with E-state index in [2.05, 4.69) is 10.3 Å². The summed E-state index contributed by atoms with van der Waals surface area (Å²) in [5.41, 5.74) is 2.43. The smallest absolute Gasteiger partial charge is 0.338 e. The molecule has 3 aromatic rings. The second-order valence-electron chi connectivity index (χ2n) is 5.63. The molecule has 2 aromatic carbocycles. The van der Waals surface area contributed by atoms with E-state index in [0.717, 1.165) is 11.3 Å². The van der Waals surface area contributed by atoms with Gasteiger partial charge in [-0.2, -0.15) is 5.26 Å². The molecule has 7 heteroatoms. The van der Waals surface area contributed by atoms with Crippen molar-refractivity contribution in [2.45, 2.75) is 13.0 Å². The van der Waals surface area contributed by atoms with Crippen LogP contribution < -0.4 is 5.32 Å². The first kappa shape index (κ1) is 18.3. The topological polar surface area (TPSA) is 92.1 Å². The number of amides is 1. The van der Waals surface area contributed by atoms with Crippen LogP contribution in [0.25, 0.3) is 11.3 Å². The molecule has 0 aliphatic heterocycles. The molecule has 27 heavy (non-hydrogen) atoms. The van der Waals surface area contributed by atoms with E-state index in [1.807, 2.05) is 41.8 Å². The molecule has 1 aromatic heterocycles. The molecule has 0 fully saturated rings. The fourth-order valence-corrected chi connectivity index (χ4v) is 2.97. The van der Waals surface area contributed by atoms with Gasteiger partial charge in [-0.1, -0.05) is 30.3 Å². The van der Waals surface area contributed by atoms with Crippen molar-refractivity contribution in [2.24, 2.45) is 0 Å². The highest BCUT2D eigenvalue weighted by molar-refractivity contribution is 7.14. The van der Waals surface area contributed by atoms with Crippen LogP contribution in [-0.4, -0.2) is 23.0 Å². The van der Waals surface area contributed by atoms with Crippen LogP contribution in [0.3, 0.4) is 0 Å². The van der Waals surface area contributed by atoms with Gasteiger partial charge in [-0.15, -0.1) is 11.3 Å². The normalized spacial score (nSPS) is 11.3. The number of nitrogens with zero attached hydrogens (tertiary/aromatic N) is 2. The van der Waals surface area contributed by atoms with Gasteiger partial charge in [0.2, 0.25) is 0 Å². The fraction of sp³-hybridized carbons (Fsp3) is 0.100. The molecular formula is C20H15N3O3S. The van der Waals surface area contributed by atoms with Gasteiger partial charge in [0.25, 0.3) is 5.91 Å².